The summed E-state index contributed by atoms with van der Waals surface area (Å²) in [6, 6.07) is 6.51. The summed E-state index contributed by atoms with van der Waals surface area (Å²) >= 11 is 0. The summed E-state index contributed by atoms with van der Waals surface area (Å²) in [4.78, 5) is 27.7. The first-order chi connectivity index (χ1) is 14.4. The lowest BCUT2D eigenvalue weighted by atomic mass is 9.88. The number of Topliss-reactive ketones (excluding diaryl/α,β-unsaturated/α-hetero) is 1. The van der Waals surface area contributed by atoms with Crippen molar-refractivity contribution in [3.63, 3.8) is 0 Å². The highest BCUT2D eigenvalue weighted by Crippen LogP contribution is 2.27. The molecule has 0 N–H and O–H groups in total. The molecule has 0 bridgehead atoms. The highest BCUT2D eigenvalue weighted by atomic mass is 32.2. The molecule has 7 nitrogen and oxygen atoms in total. The second-order valence-corrected chi connectivity index (χ2v) is 10.2. The standard InChI is InChI=1S/C22H32N2O5S/c1-3-16-30(27,28)24-13-5-4-6-20(24)22(26)23-14-11-18(12-15-23)21(25)17-7-9-19(29-2)10-8-17/h7-10,18,20H,3-6,11-16H2,1-2H3. The predicted octanol–water partition coefficient (Wildman–Crippen LogP) is 2.71. The number of piperidine rings is 2. The van der Waals surface area contributed by atoms with Crippen molar-refractivity contribution in [2.75, 3.05) is 32.5 Å². The maximum Gasteiger partial charge on any atom is 0.241 e. The van der Waals surface area contributed by atoms with Crippen LogP contribution in [0, 0.1) is 5.92 Å². The van der Waals surface area contributed by atoms with Crippen molar-refractivity contribution in [3.8, 4) is 5.75 Å². The van der Waals surface area contributed by atoms with Gasteiger partial charge in [-0.1, -0.05) is 13.3 Å². The highest BCUT2D eigenvalue weighted by Gasteiger charge is 2.39. The lowest BCUT2D eigenvalue weighted by Crippen LogP contribution is -2.54. The molecular weight excluding hydrogens is 404 g/mol. The van der Waals surface area contributed by atoms with Gasteiger partial charge in [0.2, 0.25) is 15.9 Å². The SMILES string of the molecule is CCCS(=O)(=O)N1CCCCC1C(=O)N1CCC(C(=O)c2ccc(OC)cc2)CC1. The lowest BCUT2D eigenvalue weighted by Gasteiger charge is -2.39. The number of carbonyl (C=O) groups is 2. The van der Waals surface area contributed by atoms with E-state index in [4.69, 9.17) is 4.74 Å². The molecule has 2 aliphatic rings. The first-order valence-corrected chi connectivity index (χ1v) is 12.4. The van der Waals surface area contributed by atoms with Gasteiger partial charge >= 0.3 is 0 Å². The summed E-state index contributed by atoms with van der Waals surface area (Å²) < 4.78 is 31.8. The van der Waals surface area contributed by atoms with Crippen molar-refractivity contribution in [2.24, 2.45) is 5.92 Å². The number of benzene rings is 1. The molecule has 1 unspecified atom stereocenters. The number of nitrogens with zero attached hydrogens (tertiary/aromatic N) is 2. The van der Waals surface area contributed by atoms with E-state index in [1.54, 1.807) is 36.3 Å². The molecule has 30 heavy (non-hydrogen) atoms. The van der Waals surface area contributed by atoms with Gasteiger partial charge in [0.05, 0.1) is 12.9 Å². The zero-order valence-electron chi connectivity index (χ0n) is 17.9. The lowest BCUT2D eigenvalue weighted by molar-refractivity contribution is -0.137. The number of hydrogen-bond donors (Lipinski definition) is 0. The Hall–Kier alpha value is -1.93. The Balaban J connectivity index is 1.62. The summed E-state index contributed by atoms with van der Waals surface area (Å²) in [6.07, 6.45) is 3.98. The fourth-order valence-corrected chi connectivity index (χ4v) is 6.16. The maximum absolute atomic E-state index is 13.2. The third-order valence-corrected chi connectivity index (χ3v) is 8.19. The van der Waals surface area contributed by atoms with Crippen LogP contribution in [0.3, 0.4) is 0 Å². The van der Waals surface area contributed by atoms with Crippen LogP contribution in [0.4, 0.5) is 0 Å². The second kappa shape index (κ2) is 9.92. The van der Waals surface area contributed by atoms with Gasteiger partial charge in [0.1, 0.15) is 11.8 Å². The molecule has 2 aliphatic heterocycles. The average molecular weight is 437 g/mol. The fourth-order valence-electron chi connectivity index (χ4n) is 4.42. The van der Waals surface area contributed by atoms with E-state index >= 15 is 0 Å². The number of rotatable bonds is 7. The van der Waals surface area contributed by atoms with Crippen LogP contribution < -0.4 is 4.74 Å². The third-order valence-electron chi connectivity index (χ3n) is 6.11. The minimum atomic E-state index is -3.41. The van der Waals surface area contributed by atoms with Gasteiger partial charge in [-0.3, -0.25) is 9.59 Å². The maximum atomic E-state index is 13.2. The van der Waals surface area contributed by atoms with E-state index in [-0.39, 0.29) is 23.4 Å². The normalized spacial score (nSPS) is 21.4. The molecule has 8 heteroatoms. The molecule has 1 aromatic rings. The van der Waals surface area contributed by atoms with Gasteiger partial charge in [0, 0.05) is 31.1 Å². The van der Waals surface area contributed by atoms with Crippen LogP contribution in [-0.4, -0.2) is 67.9 Å². The van der Waals surface area contributed by atoms with Gasteiger partial charge in [-0.05, 0) is 56.4 Å². The smallest absolute Gasteiger partial charge is 0.241 e. The summed E-state index contributed by atoms with van der Waals surface area (Å²) in [5.74, 6) is 0.657. The van der Waals surface area contributed by atoms with Crippen LogP contribution in [0.15, 0.2) is 24.3 Å². The Morgan fingerprint density at radius 1 is 1.03 bits per heavy atom. The number of carbonyl (C=O) groups excluding carboxylic acids is 2. The molecule has 3 rings (SSSR count). The Morgan fingerprint density at radius 2 is 1.70 bits per heavy atom. The van der Waals surface area contributed by atoms with E-state index < -0.39 is 16.1 Å². The van der Waals surface area contributed by atoms with Crippen LogP contribution in [0.5, 0.6) is 5.75 Å². The quantitative estimate of drug-likeness (QED) is 0.614. The van der Waals surface area contributed by atoms with Crippen LogP contribution in [0.2, 0.25) is 0 Å². The van der Waals surface area contributed by atoms with E-state index in [1.807, 2.05) is 6.92 Å². The molecule has 2 fully saturated rings. The average Bonchev–Trinajstić information content (AvgIpc) is 2.78. The Morgan fingerprint density at radius 3 is 2.30 bits per heavy atom. The third kappa shape index (κ3) is 5.03. The van der Waals surface area contributed by atoms with E-state index in [2.05, 4.69) is 0 Å². The summed E-state index contributed by atoms with van der Waals surface area (Å²) in [6.45, 7) is 3.24. The largest absolute Gasteiger partial charge is 0.497 e. The van der Waals surface area contributed by atoms with E-state index in [0.717, 1.165) is 12.8 Å². The second-order valence-electron chi connectivity index (χ2n) is 8.13. The van der Waals surface area contributed by atoms with Gasteiger partial charge < -0.3 is 9.64 Å². The van der Waals surface area contributed by atoms with E-state index in [0.29, 0.717) is 56.6 Å². The molecule has 166 valence electrons. The number of likely N-dealkylation sites (tertiary alicyclic amines) is 1. The van der Waals surface area contributed by atoms with E-state index in [1.165, 1.54) is 4.31 Å². The van der Waals surface area contributed by atoms with Crippen molar-refractivity contribution >= 4 is 21.7 Å². The number of ether oxygens (including phenoxy) is 1. The molecule has 2 saturated heterocycles. The highest BCUT2D eigenvalue weighted by molar-refractivity contribution is 7.89. The number of ketones is 1. The van der Waals surface area contributed by atoms with Gasteiger partial charge in [-0.2, -0.15) is 4.31 Å². The number of amides is 1. The summed E-state index contributed by atoms with van der Waals surface area (Å²) in [7, 11) is -1.82. The molecule has 1 aromatic carbocycles. The van der Waals surface area contributed by atoms with Crippen LogP contribution in [0.1, 0.15) is 55.8 Å². The first kappa shape index (κ1) is 22.7. The molecule has 0 aliphatic carbocycles. The van der Waals surface area contributed by atoms with Gasteiger partial charge in [0.25, 0.3) is 0 Å². The molecule has 0 aromatic heterocycles. The van der Waals surface area contributed by atoms with Crippen LogP contribution >= 0.6 is 0 Å². The summed E-state index contributed by atoms with van der Waals surface area (Å²) in [5, 5.41) is 0. The molecule has 1 amide bonds. The van der Waals surface area contributed by atoms with Crippen LogP contribution in [-0.2, 0) is 14.8 Å². The molecule has 0 saturated carbocycles. The van der Waals surface area contributed by atoms with Gasteiger partial charge in [0.15, 0.2) is 5.78 Å². The number of hydrogen-bond acceptors (Lipinski definition) is 5. The van der Waals surface area contributed by atoms with Crippen molar-refractivity contribution in [1.29, 1.82) is 0 Å². The molecule has 1 atom stereocenters. The van der Waals surface area contributed by atoms with Crippen LogP contribution in [0.25, 0.3) is 0 Å². The monoisotopic (exact) mass is 436 g/mol. The Kier molecular flexibility index (Phi) is 7.52. The molecule has 2 heterocycles. The molecular formula is C22H32N2O5S. The van der Waals surface area contributed by atoms with Gasteiger partial charge in [-0.25, -0.2) is 8.42 Å². The van der Waals surface area contributed by atoms with Crippen molar-refractivity contribution < 1.29 is 22.7 Å². The zero-order chi connectivity index (χ0) is 21.7. The number of sulfonamides is 1. The van der Waals surface area contributed by atoms with Crippen molar-refractivity contribution in [1.82, 2.24) is 9.21 Å². The van der Waals surface area contributed by atoms with E-state index in [9.17, 15) is 18.0 Å². The topological polar surface area (TPSA) is 84.0 Å². The minimum absolute atomic E-state index is 0.0786. The Labute approximate surface area is 179 Å². The zero-order valence-corrected chi connectivity index (χ0v) is 18.7. The number of methoxy groups -OCH3 is 1. The fraction of sp³-hybridized carbons (Fsp3) is 0.636. The minimum Gasteiger partial charge on any atom is -0.497 e. The summed E-state index contributed by atoms with van der Waals surface area (Å²) in [5.41, 5.74) is 0.657. The first-order valence-electron chi connectivity index (χ1n) is 10.8. The molecule has 0 radical (unpaired) electrons. The van der Waals surface area contributed by atoms with Gasteiger partial charge in [-0.15, -0.1) is 0 Å². The van der Waals surface area contributed by atoms with Crippen molar-refractivity contribution in [2.45, 2.75) is 51.5 Å². The Bertz CT molecular complexity index is 845. The molecule has 0 spiro atoms. The van der Waals surface area contributed by atoms with Crippen molar-refractivity contribution in [3.05, 3.63) is 29.8 Å². The predicted molar refractivity (Wildman–Crippen MR) is 115 cm³/mol.